The lowest BCUT2D eigenvalue weighted by atomic mass is 10.1. The highest BCUT2D eigenvalue weighted by Crippen LogP contribution is 2.17. The largest absolute Gasteiger partial charge is 0.435 e. The van der Waals surface area contributed by atoms with Crippen LogP contribution in [0.3, 0.4) is 0 Å². The molecule has 1 saturated heterocycles. The highest BCUT2D eigenvalue weighted by atomic mass is 19.3. The van der Waals surface area contributed by atoms with Crippen LogP contribution in [0.25, 0.3) is 6.08 Å². The van der Waals surface area contributed by atoms with E-state index in [9.17, 15) is 8.78 Å². The maximum Gasteiger partial charge on any atom is 0.387 e. The van der Waals surface area contributed by atoms with Gasteiger partial charge in [0.05, 0.1) is 13.2 Å². The van der Waals surface area contributed by atoms with Crippen molar-refractivity contribution in [1.82, 2.24) is 5.32 Å². The molecule has 2 rings (SSSR count). The van der Waals surface area contributed by atoms with E-state index in [1.807, 2.05) is 18.2 Å². The standard InChI is InChI=1S/C13H15F2NO2/c14-13(15)18-12-3-1-2-10(8-12)4-5-11-9-17-7-6-16-11/h1-5,8,11,13,16H,6-7,9H2/b5-4+. The normalized spacial score (nSPS) is 20.5. The van der Waals surface area contributed by atoms with Gasteiger partial charge in [0.1, 0.15) is 5.75 Å². The van der Waals surface area contributed by atoms with Crippen LogP contribution in [0.15, 0.2) is 30.3 Å². The van der Waals surface area contributed by atoms with E-state index in [2.05, 4.69) is 10.1 Å². The average molecular weight is 255 g/mol. The molecule has 1 heterocycles. The lowest BCUT2D eigenvalue weighted by Gasteiger charge is -2.20. The molecule has 98 valence electrons. The fraction of sp³-hybridized carbons (Fsp3) is 0.385. The van der Waals surface area contributed by atoms with Gasteiger partial charge in [-0.3, -0.25) is 0 Å². The first-order valence-electron chi connectivity index (χ1n) is 5.78. The van der Waals surface area contributed by atoms with Crippen molar-refractivity contribution >= 4 is 6.08 Å². The first-order valence-corrected chi connectivity index (χ1v) is 5.78. The molecule has 0 amide bonds. The number of rotatable bonds is 4. The van der Waals surface area contributed by atoms with Crippen LogP contribution in [0.5, 0.6) is 5.75 Å². The van der Waals surface area contributed by atoms with Gasteiger partial charge in [-0.25, -0.2) is 0 Å². The molecule has 1 N–H and O–H groups in total. The van der Waals surface area contributed by atoms with Gasteiger partial charge in [-0.2, -0.15) is 8.78 Å². The maximum atomic E-state index is 12.1. The summed E-state index contributed by atoms with van der Waals surface area (Å²) in [5.74, 6) is 0.167. The number of hydrogen-bond acceptors (Lipinski definition) is 3. The molecular weight excluding hydrogens is 240 g/mol. The average Bonchev–Trinajstić information content (AvgIpc) is 2.37. The third-order valence-corrected chi connectivity index (χ3v) is 2.55. The summed E-state index contributed by atoms with van der Waals surface area (Å²) in [6.45, 7) is -0.618. The van der Waals surface area contributed by atoms with Crippen LogP contribution in [0, 0.1) is 0 Å². The van der Waals surface area contributed by atoms with Crippen molar-refractivity contribution in [3.8, 4) is 5.75 Å². The quantitative estimate of drug-likeness (QED) is 0.895. The van der Waals surface area contributed by atoms with Gasteiger partial charge in [-0.15, -0.1) is 0 Å². The number of benzene rings is 1. The van der Waals surface area contributed by atoms with E-state index in [-0.39, 0.29) is 11.8 Å². The zero-order chi connectivity index (χ0) is 12.8. The Balaban J connectivity index is 1.97. The van der Waals surface area contributed by atoms with Crippen molar-refractivity contribution in [3.05, 3.63) is 35.9 Å². The lowest BCUT2D eigenvalue weighted by Crippen LogP contribution is -2.39. The molecule has 1 aliphatic rings. The summed E-state index contributed by atoms with van der Waals surface area (Å²) in [6.07, 6.45) is 3.82. The van der Waals surface area contributed by atoms with Crippen LogP contribution in [0.1, 0.15) is 5.56 Å². The Bertz CT molecular complexity index is 404. The van der Waals surface area contributed by atoms with Gasteiger partial charge in [0, 0.05) is 12.6 Å². The SMILES string of the molecule is FC(F)Oc1cccc(/C=C/C2COCCN2)c1. The fourth-order valence-corrected chi connectivity index (χ4v) is 1.73. The third kappa shape index (κ3) is 4.09. The minimum absolute atomic E-state index is 0.165. The van der Waals surface area contributed by atoms with Gasteiger partial charge in [0.25, 0.3) is 0 Å². The van der Waals surface area contributed by atoms with Crippen LogP contribution >= 0.6 is 0 Å². The van der Waals surface area contributed by atoms with E-state index in [0.29, 0.717) is 6.61 Å². The molecule has 1 aromatic rings. The number of halogens is 2. The number of hydrogen-bond donors (Lipinski definition) is 1. The number of ether oxygens (including phenoxy) is 2. The van der Waals surface area contributed by atoms with Gasteiger partial charge in [-0.1, -0.05) is 24.3 Å². The Kier molecular flexibility index (Phi) is 4.66. The number of alkyl halides is 2. The van der Waals surface area contributed by atoms with Crippen molar-refractivity contribution < 1.29 is 18.3 Å². The van der Waals surface area contributed by atoms with Crippen molar-refractivity contribution in [1.29, 1.82) is 0 Å². The maximum absolute atomic E-state index is 12.1. The minimum Gasteiger partial charge on any atom is -0.435 e. The number of morpholine rings is 1. The van der Waals surface area contributed by atoms with Crippen LogP contribution in [0.2, 0.25) is 0 Å². The molecule has 0 saturated carbocycles. The monoisotopic (exact) mass is 255 g/mol. The first kappa shape index (κ1) is 13.0. The second-order valence-corrected chi connectivity index (χ2v) is 3.95. The van der Waals surface area contributed by atoms with E-state index in [4.69, 9.17) is 4.74 Å². The Morgan fingerprint density at radius 2 is 2.33 bits per heavy atom. The van der Waals surface area contributed by atoms with E-state index in [1.54, 1.807) is 12.1 Å². The predicted octanol–water partition coefficient (Wildman–Crippen LogP) is 2.29. The number of nitrogens with one attached hydrogen (secondary N) is 1. The van der Waals surface area contributed by atoms with Gasteiger partial charge in [0.15, 0.2) is 0 Å². The van der Waals surface area contributed by atoms with Crippen LogP contribution in [0.4, 0.5) is 8.78 Å². The zero-order valence-corrected chi connectivity index (χ0v) is 9.81. The molecule has 18 heavy (non-hydrogen) atoms. The van der Waals surface area contributed by atoms with E-state index in [1.165, 1.54) is 6.07 Å². The topological polar surface area (TPSA) is 30.5 Å². The van der Waals surface area contributed by atoms with Crippen LogP contribution in [-0.2, 0) is 4.74 Å². The summed E-state index contributed by atoms with van der Waals surface area (Å²) < 4.78 is 33.8. The summed E-state index contributed by atoms with van der Waals surface area (Å²) in [5.41, 5.74) is 0.820. The van der Waals surface area contributed by atoms with E-state index >= 15 is 0 Å². The first-order chi connectivity index (χ1) is 8.74. The molecule has 1 fully saturated rings. The van der Waals surface area contributed by atoms with Crippen LogP contribution in [-0.4, -0.2) is 32.4 Å². The van der Waals surface area contributed by atoms with E-state index in [0.717, 1.165) is 18.7 Å². The van der Waals surface area contributed by atoms with Gasteiger partial charge >= 0.3 is 6.61 Å². The van der Waals surface area contributed by atoms with Crippen molar-refractivity contribution in [3.63, 3.8) is 0 Å². The van der Waals surface area contributed by atoms with E-state index < -0.39 is 6.61 Å². The Morgan fingerprint density at radius 1 is 1.44 bits per heavy atom. The second-order valence-electron chi connectivity index (χ2n) is 3.95. The minimum atomic E-state index is -2.79. The second kappa shape index (κ2) is 6.47. The molecule has 0 aliphatic carbocycles. The predicted molar refractivity (Wildman–Crippen MR) is 64.7 cm³/mol. The molecule has 0 radical (unpaired) electrons. The summed E-state index contributed by atoms with van der Waals surface area (Å²) in [5, 5.41) is 3.27. The third-order valence-electron chi connectivity index (χ3n) is 2.55. The fourth-order valence-electron chi connectivity index (χ4n) is 1.73. The molecular formula is C13H15F2NO2. The molecule has 0 aromatic heterocycles. The van der Waals surface area contributed by atoms with Crippen molar-refractivity contribution in [2.24, 2.45) is 0 Å². The Hall–Kier alpha value is -1.46. The van der Waals surface area contributed by atoms with Gasteiger partial charge in [-0.05, 0) is 17.7 Å². The highest BCUT2D eigenvalue weighted by molar-refractivity contribution is 5.52. The molecule has 1 atom stereocenters. The molecule has 1 unspecified atom stereocenters. The highest BCUT2D eigenvalue weighted by Gasteiger charge is 2.09. The Morgan fingerprint density at radius 3 is 3.06 bits per heavy atom. The molecule has 3 nitrogen and oxygen atoms in total. The van der Waals surface area contributed by atoms with Crippen LogP contribution < -0.4 is 10.1 Å². The smallest absolute Gasteiger partial charge is 0.387 e. The van der Waals surface area contributed by atoms with Crippen molar-refractivity contribution in [2.75, 3.05) is 19.8 Å². The Labute approximate surface area is 104 Å². The lowest BCUT2D eigenvalue weighted by molar-refractivity contribution is -0.0498. The molecule has 5 heteroatoms. The summed E-state index contributed by atoms with van der Waals surface area (Å²) in [7, 11) is 0. The van der Waals surface area contributed by atoms with Gasteiger partial charge < -0.3 is 14.8 Å². The molecule has 0 spiro atoms. The summed E-state index contributed by atoms with van der Waals surface area (Å²) in [6, 6.07) is 6.76. The van der Waals surface area contributed by atoms with Gasteiger partial charge in [0.2, 0.25) is 0 Å². The molecule has 1 aliphatic heterocycles. The summed E-state index contributed by atoms with van der Waals surface area (Å²) in [4.78, 5) is 0. The summed E-state index contributed by atoms with van der Waals surface area (Å²) >= 11 is 0. The zero-order valence-electron chi connectivity index (χ0n) is 9.81. The van der Waals surface area contributed by atoms with Crippen molar-refractivity contribution in [2.45, 2.75) is 12.7 Å². The molecule has 0 bridgehead atoms. The molecule has 1 aromatic carbocycles.